The summed E-state index contributed by atoms with van der Waals surface area (Å²) in [5.74, 6) is 0.224. The maximum absolute atomic E-state index is 12.8. The van der Waals surface area contributed by atoms with E-state index in [0.717, 1.165) is 11.3 Å². The lowest BCUT2D eigenvalue weighted by Gasteiger charge is -2.30. The minimum absolute atomic E-state index is 0.0666. The van der Waals surface area contributed by atoms with Crippen molar-refractivity contribution in [3.8, 4) is 5.75 Å². The molecule has 0 aliphatic carbocycles. The van der Waals surface area contributed by atoms with Crippen LogP contribution in [0.3, 0.4) is 0 Å². The van der Waals surface area contributed by atoms with Crippen molar-refractivity contribution in [1.82, 2.24) is 9.47 Å². The number of phenols is 1. The van der Waals surface area contributed by atoms with Crippen molar-refractivity contribution in [2.24, 2.45) is 7.05 Å². The summed E-state index contributed by atoms with van der Waals surface area (Å²) < 4.78 is 1.37. The van der Waals surface area contributed by atoms with E-state index in [1.165, 1.54) is 10.6 Å². The summed E-state index contributed by atoms with van der Waals surface area (Å²) >= 11 is 1.63. The first kappa shape index (κ1) is 20.0. The first-order valence-electron chi connectivity index (χ1n) is 8.99. The van der Waals surface area contributed by atoms with Crippen LogP contribution in [0.15, 0.2) is 35.3 Å². The van der Waals surface area contributed by atoms with E-state index in [9.17, 15) is 19.5 Å². The van der Waals surface area contributed by atoms with E-state index in [4.69, 9.17) is 0 Å². The first-order valence-corrected chi connectivity index (χ1v) is 10.4. The van der Waals surface area contributed by atoms with Gasteiger partial charge in [-0.15, -0.1) is 0 Å². The number of anilines is 1. The average molecular weight is 401 g/mol. The normalized spacial score (nSPS) is 13.1. The molecule has 1 aliphatic rings. The SMILES string of the molecule is CSCCC(=O)N1CCc2c(cn(C)c(=O)c2C(=O)Nc2ccccc2O)C1. The Balaban J connectivity index is 1.91. The number of benzene rings is 1. The van der Waals surface area contributed by atoms with E-state index >= 15 is 0 Å². The number of rotatable bonds is 5. The zero-order valence-corrected chi connectivity index (χ0v) is 16.7. The Bertz CT molecular complexity index is 970. The number of amides is 2. The van der Waals surface area contributed by atoms with Crippen molar-refractivity contribution >= 4 is 29.3 Å². The number of aryl methyl sites for hydroxylation is 1. The number of nitrogens with zero attached hydrogens (tertiary/aromatic N) is 2. The van der Waals surface area contributed by atoms with Crippen LogP contribution in [0.4, 0.5) is 5.69 Å². The molecule has 0 atom stereocenters. The maximum atomic E-state index is 12.8. The van der Waals surface area contributed by atoms with Crippen molar-refractivity contribution in [1.29, 1.82) is 0 Å². The Morgan fingerprint density at radius 3 is 2.75 bits per heavy atom. The standard InChI is InChI=1S/C20H23N3O4S/c1-22-11-13-12-23(17(25)8-10-28-2)9-7-14(13)18(20(22)27)19(26)21-15-5-3-4-6-16(15)24/h3-6,11,24H,7-10,12H2,1-2H3,(H,21,26). The second-order valence-electron chi connectivity index (χ2n) is 6.70. The number of carbonyl (C=O) groups is 2. The summed E-state index contributed by atoms with van der Waals surface area (Å²) in [4.78, 5) is 39.6. The summed E-state index contributed by atoms with van der Waals surface area (Å²) in [5, 5.41) is 12.5. The number of hydrogen-bond acceptors (Lipinski definition) is 5. The highest BCUT2D eigenvalue weighted by Crippen LogP contribution is 2.25. The number of carbonyl (C=O) groups excluding carboxylic acids is 2. The van der Waals surface area contributed by atoms with Gasteiger partial charge in [-0.3, -0.25) is 14.4 Å². The third kappa shape index (κ3) is 4.06. The summed E-state index contributed by atoms with van der Waals surface area (Å²) in [7, 11) is 1.59. The predicted molar refractivity (Wildman–Crippen MR) is 110 cm³/mol. The van der Waals surface area contributed by atoms with E-state index in [2.05, 4.69) is 5.32 Å². The Kier molecular flexibility index (Phi) is 6.08. The fourth-order valence-electron chi connectivity index (χ4n) is 3.35. The predicted octanol–water partition coefficient (Wildman–Crippen LogP) is 1.98. The number of aromatic nitrogens is 1. The molecule has 1 aromatic carbocycles. The lowest BCUT2D eigenvalue weighted by Crippen LogP contribution is -2.40. The van der Waals surface area contributed by atoms with Crippen molar-refractivity contribution in [2.75, 3.05) is 23.9 Å². The molecule has 3 rings (SSSR count). The fourth-order valence-corrected chi connectivity index (χ4v) is 3.73. The minimum atomic E-state index is -0.555. The maximum Gasteiger partial charge on any atom is 0.263 e. The number of para-hydroxylation sites is 2. The van der Waals surface area contributed by atoms with Crippen molar-refractivity contribution in [3.05, 3.63) is 57.5 Å². The second-order valence-corrected chi connectivity index (χ2v) is 7.69. The van der Waals surface area contributed by atoms with Gasteiger partial charge >= 0.3 is 0 Å². The zero-order valence-electron chi connectivity index (χ0n) is 15.9. The van der Waals surface area contributed by atoms with E-state index in [1.54, 1.807) is 48.1 Å². The topological polar surface area (TPSA) is 91.6 Å². The molecule has 0 fully saturated rings. The van der Waals surface area contributed by atoms with Crippen LogP contribution in [0.1, 0.15) is 27.9 Å². The molecular formula is C20H23N3O4S. The Morgan fingerprint density at radius 1 is 1.29 bits per heavy atom. The van der Waals surface area contributed by atoms with Gasteiger partial charge < -0.3 is 19.9 Å². The second kappa shape index (κ2) is 8.52. The van der Waals surface area contributed by atoms with Gasteiger partial charge in [0.1, 0.15) is 11.3 Å². The number of fused-ring (bicyclic) bond motifs is 1. The molecule has 0 bridgehead atoms. The van der Waals surface area contributed by atoms with Crippen LogP contribution in [0.25, 0.3) is 0 Å². The number of thioether (sulfide) groups is 1. The van der Waals surface area contributed by atoms with Crippen molar-refractivity contribution < 1.29 is 14.7 Å². The van der Waals surface area contributed by atoms with Crippen LogP contribution in [0, 0.1) is 0 Å². The van der Waals surface area contributed by atoms with E-state index in [1.807, 2.05) is 6.26 Å². The molecule has 2 amide bonds. The molecule has 28 heavy (non-hydrogen) atoms. The van der Waals surface area contributed by atoms with Crippen LogP contribution in [-0.2, 0) is 24.8 Å². The van der Waals surface area contributed by atoms with Gasteiger partial charge in [-0.2, -0.15) is 11.8 Å². The molecule has 1 aromatic heterocycles. The molecule has 2 N–H and O–H groups in total. The van der Waals surface area contributed by atoms with Gasteiger partial charge in [0, 0.05) is 38.5 Å². The van der Waals surface area contributed by atoms with Crippen LogP contribution < -0.4 is 10.9 Å². The quantitative estimate of drug-likeness (QED) is 0.748. The molecule has 0 saturated heterocycles. The smallest absolute Gasteiger partial charge is 0.263 e. The zero-order chi connectivity index (χ0) is 20.3. The summed E-state index contributed by atoms with van der Waals surface area (Å²) in [5.41, 5.74) is 1.39. The highest BCUT2D eigenvalue weighted by atomic mass is 32.2. The first-order chi connectivity index (χ1) is 13.4. The molecule has 0 spiro atoms. The molecule has 2 aromatic rings. The molecule has 0 unspecified atom stereocenters. The number of phenolic OH excluding ortho intramolecular Hbond substituents is 1. The fraction of sp³-hybridized carbons (Fsp3) is 0.350. The number of nitrogens with one attached hydrogen (secondary N) is 1. The Morgan fingerprint density at radius 2 is 2.04 bits per heavy atom. The highest BCUT2D eigenvalue weighted by molar-refractivity contribution is 7.98. The van der Waals surface area contributed by atoms with Crippen molar-refractivity contribution in [2.45, 2.75) is 19.4 Å². The van der Waals surface area contributed by atoms with Gasteiger partial charge in [0.2, 0.25) is 5.91 Å². The van der Waals surface area contributed by atoms with Crippen molar-refractivity contribution in [3.63, 3.8) is 0 Å². The number of aromatic hydroxyl groups is 1. The summed E-state index contributed by atoms with van der Waals surface area (Å²) in [6.45, 7) is 0.859. The van der Waals surface area contributed by atoms with Gasteiger partial charge in [-0.05, 0) is 35.9 Å². The van der Waals surface area contributed by atoms with E-state index < -0.39 is 11.5 Å². The minimum Gasteiger partial charge on any atom is -0.506 e. The highest BCUT2D eigenvalue weighted by Gasteiger charge is 2.27. The molecular weight excluding hydrogens is 378 g/mol. The lowest BCUT2D eigenvalue weighted by molar-refractivity contribution is -0.131. The Hall–Kier alpha value is -2.74. The summed E-state index contributed by atoms with van der Waals surface area (Å²) in [6.07, 6.45) is 4.58. The largest absolute Gasteiger partial charge is 0.506 e. The third-order valence-electron chi connectivity index (χ3n) is 4.82. The van der Waals surface area contributed by atoms with E-state index in [0.29, 0.717) is 31.5 Å². The average Bonchev–Trinajstić information content (AvgIpc) is 2.68. The van der Waals surface area contributed by atoms with Gasteiger partial charge in [0.25, 0.3) is 11.5 Å². The van der Waals surface area contributed by atoms with Crippen LogP contribution in [0.2, 0.25) is 0 Å². The van der Waals surface area contributed by atoms with Crippen LogP contribution >= 0.6 is 11.8 Å². The van der Waals surface area contributed by atoms with Gasteiger partial charge in [-0.1, -0.05) is 12.1 Å². The monoisotopic (exact) mass is 401 g/mol. The molecule has 8 heteroatoms. The lowest BCUT2D eigenvalue weighted by atomic mass is 9.96. The molecule has 7 nitrogen and oxygen atoms in total. The molecule has 2 heterocycles. The summed E-state index contributed by atoms with van der Waals surface area (Å²) in [6, 6.07) is 6.37. The van der Waals surface area contributed by atoms with Gasteiger partial charge in [0.05, 0.1) is 5.69 Å². The van der Waals surface area contributed by atoms with Gasteiger partial charge in [0.15, 0.2) is 0 Å². The molecule has 1 aliphatic heterocycles. The van der Waals surface area contributed by atoms with Crippen LogP contribution in [0.5, 0.6) is 5.75 Å². The molecule has 148 valence electrons. The van der Waals surface area contributed by atoms with Crippen LogP contribution in [-0.4, -0.2) is 44.9 Å². The Labute approximate surface area is 167 Å². The molecule has 0 saturated carbocycles. The third-order valence-corrected chi connectivity index (χ3v) is 5.43. The molecule has 0 radical (unpaired) electrons. The van der Waals surface area contributed by atoms with Gasteiger partial charge in [-0.25, -0.2) is 0 Å². The number of hydrogen-bond donors (Lipinski definition) is 2. The number of pyridine rings is 1. The van der Waals surface area contributed by atoms with E-state index in [-0.39, 0.29) is 22.9 Å².